The second-order valence-corrected chi connectivity index (χ2v) is 5.08. The number of carbonyl (C=O) groups excluding carboxylic acids is 1. The van der Waals surface area contributed by atoms with Gasteiger partial charge in [0, 0.05) is 23.9 Å². The Morgan fingerprint density at radius 1 is 1.19 bits per heavy atom. The summed E-state index contributed by atoms with van der Waals surface area (Å²) < 4.78 is 27.2. The molecule has 0 unspecified atom stereocenters. The number of benzene rings is 2. The van der Waals surface area contributed by atoms with E-state index in [0.29, 0.717) is 5.56 Å². The van der Waals surface area contributed by atoms with Crippen molar-refractivity contribution in [1.29, 1.82) is 0 Å². The normalized spacial score (nSPS) is 12.7. The maximum atomic E-state index is 13.7. The Bertz CT molecular complexity index is 728. The van der Waals surface area contributed by atoms with Crippen LogP contribution in [0.2, 0.25) is 0 Å². The predicted octanol–water partition coefficient (Wildman–Crippen LogP) is 3.49. The van der Waals surface area contributed by atoms with E-state index in [1.165, 1.54) is 6.92 Å². The molecule has 0 spiro atoms. The highest BCUT2D eigenvalue weighted by molar-refractivity contribution is 6.04. The number of anilines is 2. The van der Waals surface area contributed by atoms with Gasteiger partial charge in [-0.05, 0) is 48.7 Å². The minimum Gasteiger partial charge on any atom is -0.384 e. The molecular weight excluding hydrogens is 274 g/mol. The van der Waals surface area contributed by atoms with Crippen LogP contribution in [0.25, 0.3) is 0 Å². The number of nitrogens with one attached hydrogen (secondary N) is 2. The van der Waals surface area contributed by atoms with Crippen molar-refractivity contribution in [1.82, 2.24) is 0 Å². The highest BCUT2D eigenvalue weighted by atomic mass is 19.1. The van der Waals surface area contributed by atoms with E-state index in [2.05, 4.69) is 10.6 Å². The van der Waals surface area contributed by atoms with E-state index >= 15 is 0 Å². The van der Waals surface area contributed by atoms with Crippen LogP contribution in [0.5, 0.6) is 0 Å². The van der Waals surface area contributed by atoms with Crippen molar-refractivity contribution in [2.75, 3.05) is 17.2 Å². The van der Waals surface area contributed by atoms with Crippen LogP contribution in [0.4, 0.5) is 20.2 Å². The molecule has 1 heterocycles. The molecule has 0 atom stereocenters. The molecule has 2 N–H and O–H groups in total. The fraction of sp³-hybridized carbons (Fsp3) is 0.188. The van der Waals surface area contributed by atoms with Gasteiger partial charge in [0.15, 0.2) is 0 Å². The zero-order valence-electron chi connectivity index (χ0n) is 11.5. The molecule has 0 saturated heterocycles. The second kappa shape index (κ2) is 5.16. The first-order valence-electron chi connectivity index (χ1n) is 6.68. The van der Waals surface area contributed by atoms with Crippen LogP contribution in [0.3, 0.4) is 0 Å². The van der Waals surface area contributed by atoms with Gasteiger partial charge in [-0.25, -0.2) is 8.78 Å². The molecule has 2 aromatic rings. The summed E-state index contributed by atoms with van der Waals surface area (Å²) in [7, 11) is 0. The van der Waals surface area contributed by atoms with Crippen LogP contribution in [0.1, 0.15) is 21.5 Å². The van der Waals surface area contributed by atoms with Crippen LogP contribution < -0.4 is 10.6 Å². The molecule has 0 radical (unpaired) electrons. The molecule has 1 amide bonds. The zero-order chi connectivity index (χ0) is 15.0. The van der Waals surface area contributed by atoms with Gasteiger partial charge in [-0.3, -0.25) is 4.79 Å². The average Bonchev–Trinajstić information content (AvgIpc) is 2.92. The Hall–Kier alpha value is -2.43. The van der Waals surface area contributed by atoms with Crippen molar-refractivity contribution in [2.24, 2.45) is 0 Å². The third-order valence-electron chi connectivity index (χ3n) is 3.57. The van der Waals surface area contributed by atoms with E-state index in [4.69, 9.17) is 0 Å². The molecule has 0 aromatic heterocycles. The quantitative estimate of drug-likeness (QED) is 0.888. The molecule has 108 valence electrons. The molecule has 0 saturated carbocycles. The fourth-order valence-electron chi connectivity index (χ4n) is 2.38. The van der Waals surface area contributed by atoms with Crippen molar-refractivity contribution in [3.8, 4) is 0 Å². The smallest absolute Gasteiger partial charge is 0.255 e. The lowest BCUT2D eigenvalue weighted by molar-refractivity contribution is 0.102. The number of rotatable bonds is 2. The molecule has 1 aliphatic heterocycles. The number of hydrogen-bond acceptors (Lipinski definition) is 2. The van der Waals surface area contributed by atoms with E-state index in [1.54, 1.807) is 12.1 Å². The highest BCUT2D eigenvalue weighted by Crippen LogP contribution is 2.24. The van der Waals surface area contributed by atoms with E-state index in [0.717, 1.165) is 36.3 Å². The van der Waals surface area contributed by atoms with Gasteiger partial charge in [0.05, 0.1) is 5.69 Å². The van der Waals surface area contributed by atoms with E-state index < -0.39 is 17.5 Å². The summed E-state index contributed by atoms with van der Waals surface area (Å²) in [6.07, 6.45) is 0.851. The van der Waals surface area contributed by atoms with Crippen molar-refractivity contribution in [3.63, 3.8) is 0 Å². The standard InChI is InChI=1S/C16H14F2N2O/c1-9-6-13(18)15(8-12(9)17)20-16(21)11-2-3-14-10(7-11)4-5-19-14/h2-3,6-8,19H,4-5H2,1H3,(H,20,21). The summed E-state index contributed by atoms with van der Waals surface area (Å²) in [5.74, 6) is -1.65. The number of hydrogen-bond donors (Lipinski definition) is 2. The predicted molar refractivity (Wildman–Crippen MR) is 77.7 cm³/mol. The van der Waals surface area contributed by atoms with Crippen LogP contribution in [-0.2, 0) is 6.42 Å². The maximum absolute atomic E-state index is 13.7. The number of fused-ring (bicyclic) bond motifs is 1. The summed E-state index contributed by atoms with van der Waals surface area (Å²) in [6, 6.07) is 7.32. The Kier molecular flexibility index (Phi) is 3.33. The largest absolute Gasteiger partial charge is 0.384 e. The summed E-state index contributed by atoms with van der Waals surface area (Å²) in [6.45, 7) is 2.32. The third-order valence-corrected chi connectivity index (χ3v) is 3.57. The number of halogens is 2. The molecule has 0 aliphatic carbocycles. The van der Waals surface area contributed by atoms with Crippen LogP contribution in [0.15, 0.2) is 30.3 Å². The topological polar surface area (TPSA) is 41.1 Å². The van der Waals surface area contributed by atoms with Gasteiger partial charge in [0.2, 0.25) is 0 Å². The summed E-state index contributed by atoms with van der Waals surface area (Å²) in [5, 5.41) is 5.61. The van der Waals surface area contributed by atoms with Crippen molar-refractivity contribution >= 4 is 17.3 Å². The van der Waals surface area contributed by atoms with Gasteiger partial charge in [0.1, 0.15) is 11.6 Å². The van der Waals surface area contributed by atoms with Crippen molar-refractivity contribution in [3.05, 3.63) is 58.7 Å². The maximum Gasteiger partial charge on any atom is 0.255 e. The average molecular weight is 288 g/mol. The second-order valence-electron chi connectivity index (χ2n) is 5.08. The molecule has 2 aromatic carbocycles. The van der Waals surface area contributed by atoms with Crippen molar-refractivity contribution in [2.45, 2.75) is 13.3 Å². The molecule has 0 bridgehead atoms. The van der Waals surface area contributed by atoms with Crippen molar-refractivity contribution < 1.29 is 13.6 Å². The Balaban J connectivity index is 1.85. The molecule has 1 aliphatic rings. The van der Waals surface area contributed by atoms with Gasteiger partial charge >= 0.3 is 0 Å². The first kappa shape index (κ1) is 13.5. The zero-order valence-corrected chi connectivity index (χ0v) is 11.5. The van der Waals surface area contributed by atoms with E-state index in [9.17, 15) is 13.6 Å². The summed E-state index contributed by atoms with van der Waals surface area (Å²) in [4.78, 5) is 12.1. The van der Waals surface area contributed by atoms with Crippen LogP contribution in [0, 0.1) is 18.6 Å². The van der Waals surface area contributed by atoms with Gasteiger partial charge < -0.3 is 10.6 Å². The Labute approximate surface area is 121 Å². The number of amides is 1. The monoisotopic (exact) mass is 288 g/mol. The lowest BCUT2D eigenvalue weighted by Gasteiger charge is -2.09. The van der Waals surface area contributed by atoms with E-state index in [-0.39, 0.29) is 11.3 Å². The molecule has 21 heavy (non-hydrogen) atoms. The summed E-state index contributed by atoms with van der Waals surface area (Å²) in [5.41, 5.74) is 2.55. The molecule has 3 nitrogen and oxygen atoms in total. The Morgan fingerprint density at radius 3 is 2.81 bits per heavy atom. The molecule has 3 rings (SSSR count). The fourth-order valence-corrected chi connectivity index (χ4v) is 2.38. The van der Waals surface area contributed by atoms with E-state index in [1.807, 2.05) is 6.07 Å². The lowest BCUT2D eigenvalue weighted by Crippen LogP contribution is -2.13. The third kappa shape index (κ3) is 2.59. The van der Waals surface area contributed by atoms with Gasteiger partial charge in [-0.2, -0.15) is 0 Å². The molecular formula is C16H14F2N2O. The molecule has 5 heteroatoms. The Morgan fingerprint density at radius 2 is 2.00 bits per heavy atom. The number of aryl methyl sites for hydroxylation is 1. The minimum atomic E-state index is -0.648. The highest BCUT2D eigenvalue weighted by Gasteiger charge is 2.15. The van der Waals surface area contributed by atoms with Gasteiger partial charge in [-0.1, -0.05) is 0 Å². The van der Waals surface area contributed by atoms with Crippen LogP contribution in [-0.4, -0.2) is 12.5 Å². The van der Waals surface area contributed by atoms with Gasteiger partial charge in [-0.15, -0.1) is 0 Å². The summed E-state index contributed by atoms with van der Waals surface area (Å²) >= 11 is 0. The van der Waals surface area contributed by atoms with Crippen LogP contribution >= 0.6 is 0 Å². The molecule has 0 fully saturated rings. The first-order chi connectivity index (χ1) is 10.0. The first-order valence-corrected chi connectivity index (χ1v) is 6.68. The SMILES string of the molecule is Cc1cc(F)c(NC(=O)c2ccc3c(c2)CCN3)cc1F. The number of carbonyl (C=O) groups is 1. The van der Waals surface area contributed by atoms with Gasteiger partial charge in [0.25, 0.3) is 5.91 Å². The lowest BCUT2D eigenvalue weighted by atomic mass is 10.1. The minimum absolute atomic E-state index is 0.151.